The van der Waals surface area contributed by atoms with Crippen molar-refractivity contribution in [1.29, 1.82) is 0 Å². The Morgan fingerprint density at radius 1 is 1.21 bits per heavy atom. The summed E-state index contributed by atoms with van der Waals surface area (Å²) in [5.74, 6) is 0.108. The Morgan fingerprint density at radius 2 is 2.00 bits per heavy atom. The van der Waals surface area contributed by atoms with E-state index in [1.807, 2.05) is 0 Å². The summed E-state index contributed by atoms with van der Waals surface area (Å²) in [5, 5.41) is 14.3. The molecule has 0 fully saturated rings. The molecule has 0 aliphatic carbocycles. The van der Waals surface area contributed by atoms with E-state index in [4.69, 9.17) is 13.9 Å². The van der Waals surface area contributed by atoms with Crippen LogP contribution in [-0.2, 0) is 11.3 Å². The molecule has 0 radical (unpaired) electrons. The number of ether oxygens (including phenoxy) is 2. The summed E-state index contributed by atoms with van der Waals surface area (Å²) >= 11 is 0. The van der Waals surface area contributed by atoms with Crippen molar-refractivity contribution in [3.05, 3.63) is 74.1 Å². The van der Waals surface area contributed by atoms with Crippen LogP contribution in [0.3, 0.4) is 0 Å². The minimum atomic E-state index is -0.625. The predicted molar refractivity (Wildman–Crippen MR) is 105 cm³/mol. The van der Waals surface area contributed by atoms with Crippen LogP contribution in [0.5, 0.6) is 5.75 Å². The Labute approximate surface area is 165 Å². The van der Waals surface area contributed by atoms with Gasteiger partial charge >= 0.3 is 17.4 Å². The zero-order valence-corrected chi connectivity index (χ0v) is 15.8. The number of hydrogen-bond acceptors (Lipinski definition) is 7. The highest BCUT2D eigenvalue weighted by atomic mass is 16.6. The second kappa shape index (κ2) is 8.42. The fraction of sp³-hybridized carbons (Fsp3) is 0.200. The summed E-state index contributed by atoms with van der Waals surface area (Å²) < 4.78 is 15.7. The standard InChI is InChI=1S/C20H18N2O7/c1-3-27-20(24)21-14-5-6-15-13(9-19(23)29-17(15)10-14)11-28-18-8-12(2)4-7-16(18)22(25)26/h4-10H,3,11H2,1-2H3,(H,21,24). The van der Waals surface area contributed by atoms with E-state index in [2.05, 4.69) is 5.32 Å². The molecular weight excluding hydrogens is 380 g/mol. The van der Waals surface area contributed by atoms with Crippen molar-refractivity contribution in [2.75, 3.05) is 11.9 Å². The molecule has 3 rings (SSSR count). The normalized spacial score (nSPS) is 10.6. The van der Waals surface area contributed by atoms with Crippen molar-refractivity contribution in [2.45, 2.75) is 20.5 Å². The van der Waals surface area contributed by atoms with Crippen LogP contribution in [0.4, 0.5) is 16.2 Å². The molecule has 1 N–H and O–H groups in total. The minimum Gasteiger partial charge on any atom is -0.482 e. The first-order chi connectivity index (χ1) is 13.9. The second-order valence-corrected chi connectivity index (χ2v) is 6.16. The van der Waals surface area contributed by atoms with Crippen LogP contribution in [0.25, 0.3) is 11.0 Å². The largest absolute Gasteiger partial charge is 0.482 e. The number of aryl methyl sites for hydroxylation is 1. The van der Waals surface area contributed by atoms with Gasteiger partial charge in [-0.3, -0.25) is 15.4 Å². The molecule has 29 heavy (non-hydrogen) atoms. The fourth-order valence-corrected chi connectivity index (χ4v) is 2.76. The van der Waals surface area contributed by atoms with Gasteiger partial charge in [0, 0.05) is 34.8 Å². The number of fused-ring (bicyclic) bond motifs is 1. The van der Waals surface area contributed by atoms with E-state index in [1.54, 1.807) is 38.1 Å². The molecule has 0 atom stereocenters. The lowest BCUT2D eigenvalue weighted by Gasteiger charge is -2.10. The van der Waals surface area contributed by atoms with Crippen molar-refractivity contribution in [3.63, 3.8) is 0 Å². The van der Waals surface area contributed by atoms with Gasteiger partial charge in [0.05, 0.1) is 11.5 Å². The fourth-order valence-electron chi connectivity index (χ4n) is 2.76. The van der Waals surface area contributed by atoms with Crippen molar-refractivity contribution in [2.24, 2.45) is 0 Å². The molecule has 150 valence electrons. The quantitative estimate of drug-likeness (QED) is 0.376. The lowest BCUT2D eigenvalue weighted by molar-refractivity contribution is -0.386. The molecule has 3 aromatic rings. The van der Waals surface area contributed by atoms with Crippen molar-refractivity contribution >= 4 is 28.4 Å². The predicted octanol–water partition coefficient (Wildman–Crippen LogP) is 4.16. The van der Waals surface area contributed by atoms with E-state index in [0.29, 0.717) is 16.6 Å². The molecule has 9 heteroatoms. The van der Waals surface area contributed by atoms with E-state index in [-0.39, 0.29) is 30.2 Å². The highest BCUT2D eigenvalue weighted by Gasteiger charge is 2.16. The van der Waals surface area contributed by atoms with Gasteiger partial charge in [0.1, 0.15) is 12.2 Å². The first-order valence-electron chi connectivity index (χ1n) is 8.75. The first kappa shape index (κ1) is 19.9. The molecule has 0 aliphatic rings. The number of nitro benzene ring substituents is 1. The molecule has 2 aromatic carbocycles. The van der Waals surface area contributed by atoms with Gasteiger partial charge in [0.25, 0.3) is 0 Å². The summed E-state index contributed by atoms with van der Waals surface area (Å²) in [4.78, 5) is 34.2. The van der Waals surface area contributed by atoms with Gasteiger partial charge in [-0.15, -0.1) is 0 Å². The maximum absolute atomic E-state index is 11.9. The van der Waals surface area contributed by atoms with Crippen molar-refractivity contribution in [1.82, 2.24) is 0 Å². The van der Waals surface area contributed by atoms with Gasteiger partial charge in [-0.2, -0.15) is 0 Å². The molecule has 0 spiro atoms. The van der Waals surface area contributed by atoms with Crippen LogP contribution in [0.2, 0.25) is 0 Å². The molecule has 9 nitrogen and oxygen atoms in total. The SMILES string of the molecule is CCOC(=O)Nc1ccc2c(COc3cc(C)ccc3[N+](=O)[O-])cc(=O)oc2c1. The maximum Gasteiger partial charge on any atom is 0.411 e. The van der Waals surface area contributed by atoms with Crippen LogP contribution in [0.15, 0.2) is 51.7 Å². The number of nitrogens with zero attached hydrogens (tertiary/aromatic N) is 1. The third kappa shape index (κ3) is 4.70. The number of hydrogen-bond donors (Lipinski definition) is 1. The Morgan fingerprint density at radius 3 is 2.72 bits per heavy atom. The zero-order valence-electron chi connectivity index (χ0n) is 15.8. The topological polar surface area (TPSA) is 121 Å². The average Bonchev–Trinajstić information content (AvgIpc) is 2.65. The summed E-state index contributed by atoms with van der Waals surface area (Å²) in [6.07, 6.45) is -0.625. The van der Waals surface area contributed by atoms with Crippen molar-refractivity contribution < 1.29 is 23.6 Å². The van der Waals surface area contributed by atoms with E-state index in [9.17, 15) is 19.7 Å². The highest BCUT2D eigenvalue weighted by Crippen LogP contribution is 2.29. The second-order valence-electron chi connectivity index (χ2n) is 6.16. The van der Waals surface area contributed by atoms with Gasteiger partial charge in [-0.1, -0.05) is 6.07 Å². The number of carbonyl (C=O) groups is 1. The summed E-state index contributed by atoms with van der Waals surface area (Å²) in [6, 6.07) is 10.6. The van der Waals surface area contributed by atoms with E-state index >= 15 is 0 Å². The number of nitro groups is 1. The van der Waals surface area contributed by atoms with Crippen LogP contribution in [0, 0.1) is 17.0 Å². The molecule has 1 aromatic heterocycles. The summed E-state index contributed by atoms with van der Waals surface area (Å²) in [7, 11) is 0. The molecule has 0 unspecified atom stereocenters. The third-order valence-corrected chi connectivity index (χ3v) is 4.05. The number of rotatable bonds is 6. The van der Waals surface area contributed by atoms with Crippen molar-refractivity contribution in [3.8, 4) is 5.75 Å². The third-order valence-electron chi connectivity index (χ3n) is 4.05. The molecule has 0 saturated carbocycles. The van der Waals surface area contributed by atoms with Crippen LogP contribution in [0.1, 0.15) is 18.1 Å². The number of carbonyl (C=O) groups excluding carboxylic acids is 1. The van der Waals surface area contributed by atoms with Crippen LogP contribution >= 0.6 is 0 Å². The van der Waals surface area contributed by atoms with Crippen LogP contribution in [-0.4, -0.2) is 17.6 Å². The van der Waals surface area contributed by atoms with E-state index < -0.39 is 16.6 Å². The van der Waals surface area contributed by atoms with Gasteiger partial charge in [-0.05, 0) is 37.6 Å². The molecular formula is C20H18N2O7. The Bertz CT molecular complexity index is 1140. The lowest BCUT2D eigenvalue weighted by atomic mass is 10.1. The van der Waals surface area contributed by atoms with Gasteiger partial charge < -0.3 is 13.9 Å². The van der Waals surface area contributed by atoms with Gasteiger partial charge in [-0.25, -0.2) is 9.59 Å². The highest BCUT2D eigenvalue weighted by molar-refractivity contribution is 5.89. The smallest absolute Gasteiger partial charge is 0.411 e. The van der Waals surface area contributed by atoms with Gasteiger partial charge in [0.2, 0.25) is 0 Å². The van der Waals surface area contributed by atoms with E-state index in [0.717, 1.165) is 5.56 Å². The number of amides is 1. The number of benzene rings is 2. The van der Waals surface area contributed by atoms with Gasteiger partial charge in [0.15, 0.2) is 5.75 Å². The lowest BCUT2D eigenvalue weighted by Crippen LogP contribution is -2.13. The summed E-state index contributed by atoms with van der Waals surface area (Å²) in [5.41, 5.74) is 1.16. The molecule has 0 bridgehead atoms. The zero-order chi connectivity index (χ0) is 21.0. The Balaban J connectivity index is 1.90. The molecule has 1 heterocycles. The first-order valence-corrected chi connectivity index (χ1v) is 8.75. The number of anilines is 1. The Kier molecular flexibility index (Phi) is 5.77. The van der Waals surface area contributed by atoms with E-state index in [1.165, 1.54) is 18.2 Å². The Hall–Kier alpha value is -3.88. The molecule has 0 aliphatic heterocycles. The molecule has 0 saturated heterocycles. The minimum absolute atomic E-state index is 0.0724. The number of nitrogens with one attached hydrogen (secondary N) is 1. The maximum atomic E-state index is 11.9. The monoisotopic (exact) mass is 398 g/mol. The average molecular weight is 398 g/mol. The molecule has 1 amide bonds. The van der Waals surface area contributed by atoms with Crippen LogP contribution < -0.4 is 15.7 Å². The summed E-state index contributed by atoms with van der Waals surface area (Å²) in [6.45, 7) is 3.63.